The maximum atomic E-state index is 4.81. The zero-order valence-electron chi connectivity index (χ0n) is 13.1. The van der Waals surface area contributed by atoms with E-state index < -0.39 is 0 Å². The van der Waals surface area contributed by atoms with Crippen LogP contribution in [-0.4, -0.2) is 17.1 Å². The van der Waals surface area contributed by atoms with Crippen molar-refractivity contribution >= 4 is 11.3 Å². The van der Waals surface area contributed by atoms with Gasteiger partial charge in [0.05, 0.1) is 10.7 Å². The van der Waals surface area contributed by atoms with E-state index in [1.165, 1.54) is 21.0 Å². The number of hydrogen-bond acceptors (Lipinski definition) is 3. The summed E-state index contributed by atoms with van der Waals surface area (Å²) in [5, 5.41) is 4.73. The van der Waals surface area contributed by atoms with E-state index in [-0.39, 0.29) is 5.54 Å². The molecular weight excluding hydrogens is 264 g/mol. The first kappa shape index (κ1) is 15.2. The van der Waals surface area contributed by atoms with Crippen LogP contribution >= 0.6 is 11.3 Å². The fourth-order valence-electron chi connectivity index (χ4n) is 2.08. The molecule has 0 saturated heterocycles. The van der Waals surface area contributed by atoms with Gasteiger partial charge in [0.1, 0.15) is 0 Å². The summed E-state index contributed by atoms with van der Waals surface area (Å²) in [5.74, 6) is 0. The molecule has 0 saturated carbocycles. The van der Waals surface area contributed by atoms with Gasteiger partial charge in [-0.3, -0.25) is 0 Å². The summed E-state index contributed by atoms with van der Waals surface area (Å²) in [6.07, 6.45) is 0.995. The Morgan fingerprint density at radius 2 is 1.75 bits per heavy atom. The Morgan fingerprint density at radius 3 is 2.35 bits per heavy atom. The van der Waals surface area contributed by atoms with Crippen LogP contribution in [0.5, 0.6) is 0 Å². The molecule has 0 radical (unpaired) electrons. The van der Waals surface area contributed by atoms with Crippen molar-refractivity contribution in [2.75, 3.05) is 6.54 Å². The molecule has 0 aliphatic rings. The summed E-state index contributed by atoms with van der Waals surface area (Å²) >= 11 is 1.81. The average molecular weight is 288 g/mol. The normalized spacial score (nSPS) is 11.8. The lowest BCUT2D eigenvalue weighted by atomic mass is 10.1. The van der Waals surface area contributed by atoms with Crippen LogP contribution in [0.4, 0.5) is 0 Å². The summed E-state index contributed by atoms with van der Waals surface area (Å²) in [7, 11) is 0. The summed E-state index contributed by atoms with van der Waals surface area (Å²) in [6.45, 7) is 11.8. The van der Waals surface area contributed by atoms with E-state index >= 15 is 0 Å². The number of benzene rings is 1. The lowest BCUT2D eigenvalue weighted by Gasteiger charge is -2.19. The Morgan fingerprint density at radius 1 is 1.10 bits per heavy atom. The number of hydrogen-bond donors (Lipinski definition) is 1. The third-order valence-corrected chi connectivity index (χ3v) is 4.19. The molecule has 1 N–H and O–H groups in total. The van der Waals surface area contributed by atoms with E-state index in [0.717, 1.165) is 18.7 Å². The van der Waals surface area contributed by atoms with Crippen molar-refractivity contribution in [3.8, 4) is 11.3 Å². The standard InChI is InChI=1S/C17H24N2S/c1-12-6-8-14(9-7-12)16-13(2)20-15(19-16)10-11-18-17(3,4)5/h6-9,18H,10-11H2,1-5H3. The topological polar surface area (TPSA) is 24.9 Å². The molecule has 2 nitrogen and oxygen atoms in total. The third kappa shape index (κ3) is 4.15. The Balaban J connectivity index is 2.08. The molecule has 0 unspecified atom stereocenters. The molecule has 0 aliphatic heterocycles. The Hall–Kier alpha value is -1.19. The van der Waals surface area contributed by atoms with Gasteiger partial charge in [-0.1, -0.05) is 29.8 Å². The molecular formula is C17H24N2S. The van der Waals surface area contributed by atoms with Gasteiger partial charge in [0.15, 0.2) is 0 Å². The number of thiazole rings is 1. The van der Waals surface area contributed by atoms with Gasteiger partial charge < -0.3 is 5.32 Å². The maximum Gasteiger partial charge on any atom is 0.0948 e. The second kappa shape index (κ2) is 6.06. The average Bonchev–Trinajstić information content (AvgIpc) is 2.70. The Labute approximate surface area is 126 Å². The molecule has 0 aliphatic carbocycles. The molecule has 0 amide bonds. The van der Waals surface area contributed by atoms with E-state index in [0.29, 0.717) is 0 Å². The van der Waals surface area contributed by atoms with Crippen molar-refractivity contribution < 1.29 is 0 Å². The minimum atomic E-state index is 0.173. The second-order valence-corrected chi connectivity index (χ2v) is 7.59. The highest BCUT2D eigenvalue weighted by atomic mass is 32.1. The molecule has 108 valence electrons. The van der Waals surface area contributed by atoms with Gasteiger partial charge in [-0.05, 0) is 34.6 Å². The predicted octanol–water partition coefficient (Wildman–Crippen LogP) is 4.36. The summed E-state index contributed by atoms with van der Waals surface area (Å²) in [5.41, 5.74) is 3.82. The van der Waals surface area contributed by atoms with Gasteiger partial charge in [-0.15, -0.1) is 11.3 Å². The zero-order chi connectivity index (χ0) is 14.8. The highest BCUT2D eigenvalue weighted by molar-refractivity contribution is 7.12. The van der Waals surface area contributed by atoms with Gasteiger partial charge in [-0.25, -0.2) is 4.98 Å². The number of nitrogens with one attached hydrogen (secondary N) is 1. The van der Waals surface area contributed by atoms with Crippen LogP contribution < -0.4 is 5.32 Å². The van der Waals surface area contributed by atoms with Gasteiger partial charge in [0.2, 0.25) is 0 Å². The smallest absolute Gasteiger partial charge is 0.0948 e. The van der Waals surface area contributed by atoms with E-state index in [9.17, 15) is 0 Å². The lowest BCUT2D eigenvalue weighted by molar-refractivity contribution is 0.429. The van der Waals surface area contributed by atoms with Crippen molar-refractivity contribution in [1.82, 2.24) is 10.3 Å². The van der Waals surface area contributed by atoms with Crippen molar-refractivity contribution in [3.05, 3.63) is 39.7 Å². The quantitative estimate of drug-likeness (QED) is 0.904. The number of rotatable bonds is 4. The van der Waals surface area contributed by atoms with Crippen LogP contribution in [-0.2, 0) is 6.42 Å². The van der Waals surface area contributed by atoms with Crippen LogP contribution in [0.2, 0.25) is 0 Å². The van der Waals surface area contributed by atoms with Crippen LogP contribution in [0.25, 0.3) is 11.3 Å². The largest absolute Gasteiger partial charge is 0.312 e. The Kier molecular flexibility index (Phi) is 4.61. The SMILES string of the molecule is Cc1ccc(-c2nc(CCNC(C)(C)C)sc2C)cc1. The van der Waals surface area contributed by atoms with E-state index in [1.807, 2.05) is 11.3 Å². The fourth-order valence-corrected chi connectivity index (χ4v) is 3.04. The molecule has 20 heavy (non-hydrogen) atoms. The first-order chi connectivity index (χ1) is 9.35. The molecule has 0 fully saturated rings. The number of nitrogens with zero attached hydrogens (tertiary/aromatic N) is 1. The first-order valence-corrected chi connectivity index (χ1v) is 7.95. The maximum absolute atomic E-state index is 4.81. The molecule has 3 heteroatoms. The molecule has 1 heterocycles. The first-order valence-electron chi connectivity index (χ1n) is 7.13. The summed E-state index contributed by atoms with van der Waals surface area (Å²) in [6, 6.07) is 8.62. The molecule has 1 aromatic carbocycles. The molecule has 0 atom stereocenters. The lowest BCUT2D eigenvalue weighted by Crippen LogP contribution is -2.37. The molecule has 2 aromatic rings. The van der Waals surface area contributed by atoms with Gasteiger partial charge in [-0.2, -0.15) is 0 Å². The van der Waals surface area contributed by atoms with Gasteiger partial charge >= 0.3 is 0 Å². The number of aromatic nitrogens is 1. The Bertz CT molecular complexity index is 562. The van der Waals surface area contributed by atoms with Crippen molar-refractivity contribution in [3.63, 3.8) is 0 Å². The predicted molar refractivity (Wildman–Crippen MR) is 88.5 cm³/mol. The van der Waals surface area contributed by atoms with Crippen LogP contribution in [0.15, 0.2) is 24.3 Å². The zero-order valence-corrected chi connectivity index (χ0v) is 13.9. The van der Waals surface area contributed by atoms with E-state index in [1.54, 1.807) is 0 Å². The molecule has 1 aromatic heterocycles. The van der Waals surface area contributed by atoms with E-state index in [4.69, 9.17) is 4.98 Å². The fraction of sp³-hybridized carbons (Fsp3) is 0.471. The van der Waals surface area contributed by atoms with Crippen molar-refractivity contribution in [2.24, 2.45) is 0 Å². The minimum absolute atomic E-state index is 0.173. The molecule has 0 bridgehead atoms. The monoisotopic (exact) mass is 288 g/mol. The summed E-state index contributed by atoms with van der Waals surface area (Å²) < 4.78 is 0. The van der Waals surface area contributed by atoms with Gasteiger partial charge in [0.25, 0.3) is 0 Å². The molecule has 2 rings (SSSR count). The van der Waals surface area contributed by atoms with Crippen LogP contribution in [0.1, 0.15) is 36.2 Å². The minimum Gasteiger partial charge on any atom is -0.312 e. The van der Waals surface area contributed by atoms with Crippen molar-refractivity contribution in [2.45, 2.75) is 46.6 Å². The van der Waals surface area contributed by atoms with Crippen LogP contribution in [0, 0.1) is 13.8 Å². The number of aryl methyl sites for hydroxylation is 2. The summed E-state index contributed by atoms with van der Waals surface area (Å²) in [4.78, 5) is 6.11. The third-order valence-electron chi connectivity index (χ3n) is 3.16. The second-order valence-electron chi connectivity index (χ2n) is 6.31. The highest BCUT2D eigenvalue weighted by Gasteiger charge is 2.11. The highest BCUT2D eigenvalue weighted by Crippen LogP contribution is 2.27. The molecule has 0 spiro atoms. The van der Waals surface area contributed by atoms with E-state index in [2.05, 4.69) is 64.2 Å². The van der Waals surface area contributed by atoms with Crippen LogP contribution in [0.3, 0.4) is 0 Å². The van der Waals surface area contributed by atoms with Gasteiger partial charge in [0, 0.05) is 28.9 Å². The van der Waals surface area contributed by atoms with Crippen molar-refractivity contribution in [1.29, 1.82) is 0 Å².